The molecule has 0 bridgehead atoms. The second-order valence-electron chi connectivity index (χ2n) is 5.65. The molecular weight excluding hydrogens is 343 g/mol. The summed E-state index contributed by atoms with van der Waals surface area (Å²) in [5.41, 5.74) is 1.25. The summed E-state index contributed by atoms with van der Waals surface area (Å²) >= 11 is 6.03. The van der Waals surface area contributed by atoms with Crippen LogP contribution in [0, 0.1) is 12.7 Å². The number of nitrogens with zero attached hydrogens (tertiary/aromatic N) is 2. The van der Waals surface area contributed by atoms with Gasteiger partial charge in [0.15, 0.2) is 5.69 Å². The molecule has 6 heteroatoms. The van der Waals surface area contributed by atoms with Crippen molar-refractivity contribution in [3.8, 4) is 11.5 Å². The average Bonchev–Trinajstić information content (AvgIpc) is 3.00. The van der Waals surface area contributed by atoms with Gasteiger partial charge in [-0.05, 0) is 31.2 Å². The van der Waals surface area contributed by atoms with E-state index in [0.717, 1.165) is 5.56 Å². The van der Waals surface area contributed by atoms with Crippen LogP contribution < -0.4 is 0 Å². The van der Waals surface area contributed by atoms with Crippen molar-refractivity contribution in [1.82, 2.24) is 9.88 Å². The van der Waals surface area contributed by atoms with Gasteiger partial charge in [-0.25, -0.2) is 9.37 Å². The summed E-state index contributed by atoms with van der Waals surface area (Å²) < 4.78 is 19.5. The molecule has 3 rings (SSSR count). The van der Waals surface area contributed by atoms with Crippen LogP contribution in [0.3, 0.4) is 0 Å². The molecule has 128 valence electrons. The summed E-state index contributed by atoms with van der Waals surface area (Å²) in [6, 6.07) is 13.7. The summed E-state index contributed by atoms with van der Waals surface area (Å²) in [6.07, 6.45) is 0. The molecule has 0 unspecified atom stereocenters. The molecule has 0 atom stereocenters. The Bertz CT molecular complexity index is 889. The molecule has 0 saturated heterocycles. The minimum Gasteiger partial charge on any atom is -0.441 e. The highest BCUT2D eigenvalue weighted by Crippen LogP contribution is 2.24. The first-order chi connectivity index (χ1) is 12.0. The third-order valence-electron chi connectivity index (χ3n) is 3.82. The molecule has 25 heavy (non-hydrogen) atoms. The zero-order valence-electron chi connectivity index (χ0n) is 13.8. The van der Waals surface area contributed by atoms with E-state index in [1.54, 1.807) is 20.0 Å². The SMILES string of the molecule is Cc1oc(-c2ccccc2)nc1C(=O)N(C)Cc1c(F)cccc1Cl. The highest BCUT2D eigenvalue weighted by molar-refractivity contribution is 6.31. The van der Waals surface area contributed by atoms with Crippen LogP contribution >= 0.6 is 11.6 Å². The maximum atomic E-state index is 13.9. The summed E-state index contributed by atoms with van der Waals surface area (Å²) in [4.78, 5) is 18.3. The van der Waals surface area contributed by atoms with E-state index in [1.165, 1.54) is 17.0 Å². The van der Waals surface area contributed by atoms with E-state index in [1.807, 2.05) is 30.3 Å². The van der Waals surface area contributed by atoms with E-state index in [4.69, 9.17) is 16.0 Å². The van der Waals surface area contributed by atoms with Gasteiger partial charge in [-0.3, -0.25) is 4.79 Å². The van der Waals surface area contributed by atoms with Crippen molar-refractivity contribution >= 4 is 17.5 Å². The van der Waals surface area contributed by atoms with Gasteiger partial charge >= 0.3 is 0 Å². The van der Waals surface area contributed by atoms with Crippen LogP contribution in [0.15, 0.2) is 52.9 Å². The Kier molecular flexibility index (Phi) is 4.86. The Morgan fingerprint density at radius 1 is 1.20 bits per heavy atom. The third-order valence-corrected chi connectivity index (χ3v) is 4.18. The van der Waals surface area contributed by atoms with Crippen molar-refractivity contribution in [3.63, 3.8) is 0 Å². The van der Waals surface area contributed by atoms with Crippen LogP contribution in [-0.4, -0.2) is 22.8 Å². The second kappa shape index (κ2) is 7.07. The van der Waals surface area contributed by atoms with E-state index in [0.29, 0.717) is 11.7 Å². The smallest absolute Gasteiger partial charge is 0.276 e. The summed E-state index contributed by atoms with van der Waals surface area (Å²) in [6.45, 7) is 1.72. The quantitative estimate of drug-likeness (QED) is 0.678. The molecule has 0 aliphatic heterocycles. The third kappa shape index (κ3) is 3.56. The number of oxazole rings is 1. The molecule has 1 aromatic heterocycles. The molecular formula is C19H16ClFN2O2. The Balaban J connectivity index is 1.85. The fourth-order valence-electron chi connectivity index (χ4n) is 2.47. The molecule has 3 aromatic rings. The number of hydrogen-bond donors (Lipinski definition) is 0. The van der Waals surface area contributed by atoms with Crippen LogP contribution in [0.5, 0.6) is 0 Å². The Labute approximate surface area is 149 Å². The van der Waals surface area contributed by atoms with Crippen LogP contribution in [0.2, 0.25) is 5.02 Å². The van der Waals surface area contributed by atoms with E-state index in [2.05, 4.69) is 4.98 Å². The van der Waals surface area contributed by atoms with Gasteiger partial charge in [-0.15, -0.1) is 0 Å². The number of amides is 1. The topological polar surface area (TPSA) is 46.3 Å². The van der Waals surface area contributed by atoms with Gasteiger partial charge in [0.25, 0.3) is 5.91 Å². The van der Waals surface area contributed by atoms with Crippen molar-refractivity contribution < 1.29 is 13.6 Å². The number of carbonyl (C=O) groups is 1. The van der Waals surface area contributed by atoms with Crippen molar-refractivity contribution in [2.45, 2.75) is 13.5 Å². The maximum absolute atomic E-state index is 13.9. The lowest BCUT2D eigenvalue weighted by Crippen LogP contribution is -2.27. The van der Waals surface area contributed by atoms with Gasteiger partial charge in [-0.1, -0.05) is 35.9 Å². The number of hydrogen-bond acceptors (Lipinski definition) is 3. The zero-order chi connectivity index (χ0) is 18.0. The van der Waals surface area contributed by atoms with Gasteiger partial charge in [0.2, 0.25) is 5.89 Å². The largest absolute Gasteiger partial charge is 0.441 e. The lowest BCUT2D eigenvalue weighted by atomic mass is 10.2. The van der Waals surface area contributed by atoms with Gasteiger partial charge in [0.1, 0.15) is 11.6 Å². The molecule has 0 aliphatic rings. The van der Waals surface area contributed by atoms with E-state index in [9.17, 15) is 9.18 Å². The predicted molar refractivity (Wildman–Crippen MR) is 93.9 cm³/mol. The summed E-state index contributed by atoms with van der Waals surface area (Å²) in [7, 11) is 1.57. The van der Waals surface area contributed by atoms with Gasteiger partial charge < -0.3 is 9.32 Å². The summed E-state index contributed by atoms with van der Waals surface area (Å²) in [5, 5.41) is 0.279. The molecule has 4 nitrogen and oxygen atoms in total. The van der Waals surface area contributed by atoms with Crippen molar-refractivity contribution in [3.05, 3.63) is 76.4 Å². The molecule has 0 saturated carbocycles. The van der Waals surface area contributed by atoms with Crippen molar-refractivity contribution in [1.29, 1.82) is 0 Å². The van der Waals surface area contributed by atoms with Gasteiger partial charge in [0.05, 0.1) is 6.54 Å². The number of aromatic nitrogens is 1. The fraction of sp³-hybridized carbons (Fsp3) is 0.158. The fourth-order valence-corrected chi connectivity index (χ4v) is 2.69. The minimum atomic E-state index is -0.450. The lowest BCUT2D eigenvalue weighted by Gasteiger charge is -2.17. The van der Waals surface area contributed by atoms with Crippen LogP contribution in [0.25, 0.3) is 11.5 Å². The molecule has 2 aromatic carbocycles. The van der Waals surface area contributed by atoms with Crippen LogP contribution in [-0.2, 0) is 6.54 Å². The molecule has 0 aliphatic carbocycles. The van der Waals surface area contributed by atoms with E-state index < -0.39 is 5.82 Å². The molecule has 1 amide bonds. The molecule has 0 N–H and O–H groups in total. The highest BCUT2D eigenvalue weighted by atomic mass is 35.5. The predicted octanol–water partition coefficient (Wildman–Crippen LogP) is 4.71. The van der Waals surface area contributed by atoms with E-state index >= 15 is 0 Å². The normalized spacial score (nSPS) is 10.7. The second-order valence-corrected chi connectivity index (χ2v) is 6.06. The molecule has 0 fully saturated rings. The number of carbonyl (C=O) groups excluding carboxylic acids is 1. The minimum absolute atomic E-state index is 0.0390. The van der Waals surface area contributed by atoms with Crippen molar-refractivity contribution in [2.75, 3.05) is 7.05 Å². The molecule has 0 spiro atoms. The first kappa shape index (κ1) is 17.2. The highest BCUT2D eigenvalue weighted by Gasteiger charge is 2.22. The maximum Gasteiger partial charge on any atom is 0.276 e. The summed E-state index contributed by atoms with van der Waals surface area (Å²) in [5.74, 6) is -0.0224. The molecule has 1 heterocycles. The number of benzene rings is 2. The van der Waals surface area contributed by atoms with Crippen LogP contribution in [0.4, 0.5) is 4.39 Å². The van der Waals surface area contributed by atoms with Gasteiger partial charge in [-0.2, -0.15) is 0 Å². The number of rotatable bonds is 4. The van der Waals surface area contributed by atoms with Crippen LogP contribution in [0.1, 0.15) is 21.8 Å². The van der Waals surface area contributed by atoms with Crippen molar-refractivity contribution in [2.24, 2.45) is 0 Å². The standard InChI is InChI=1S/C19H16ClFN2O2/c1-12-17(22-18(25-12)13-7-4-3-5-8-13)19(24)23(2)11-14-15(20)9-6-10-16(14)21/h3-10H,11H2,1-2H3. The Hall–Kier alpha value is -2.66. The average molecular weight is 359 g/mol. The monoisotopic (exact) mass is 358 g/mol. The zero-order valence-corrected chi connectivity index (χ0v) is 14.5. The van der Waals surface area contributed by atoms with Gasteiger partial charge in [0, 0.05) is 23.2 Å². The van der Waals surface area contributed by atoms with E-state index in [-0.39, 0.29) is 28.7 Å². The lowest BCUT2D eigenvalue weighted by molar-refractivity contribution is 0.0777. The Morgan fingerprint density at radius 2 is 1.92 bits per heavy atom. The number of halogens is 2. The Morgan fingerprint density at radius 3 is 2.60 bits per heavy atom. The first-order valence-corrected chi connectivity index (χ1v) is 8.06. The first-order valence-electron chi connectivity index (χ1n) is 7.68. The molecule has 0 radical (unpaired) electrons. The number of aryl methyl sites for hydroxylation is 1.